The van der Waals surface area contributed by atoms with Gasteiger partial charge in [0.15, 0.2) is 0 Å². The smallest absolute Gasteiger partial charge is 0.257 e. The molecule has 1 aliphatic rings. The van der Waals surface area contributed by atoms with Crippen LogP contribution < -0.4 is 4.74 Å². The molecule has 24 heavy (non-hydrogen) atoms. The summed E-state index contributed by atoms with van der Waals surface area (Å²) in [7, 11) is 1.61. The molecule has 0 saturated heterocycles. The third kappa shape index (κ3) is 3.30. The van der Waals surface area contributed by atoms with Crippen LogP contribution in [0.25, 0.3) is 5.57 Å². The van der Waals surface area contributed by atoms with E-state index in [1.54, 1.807) is 7.11 Å². The zero-order valence-electron chi connectivity index (χ0n) is 13.3. The van der Waals surface area contributed by atoms with Crippen LogP contribution in [0.5, 0.6) is 5.75 Å². The van der Waals surface area contributed by atoms with Crippen LogP contribution in [0.2, 0.25) is 0 Å². The van der Waals surface area contributed by atoms with E-state index in [2.05, 4.69) is 0 Å². The van der Waals surface area contributed by atoms with Crippen LogP contribution in [-0.2, 0) is 0 Å². The van der Waals surface area contributed by atoms with Crippen molar-refractivity contribution in [1.82, 2.24) is 4.90 Å². The largest absolute Gasteiger partial charge is 0.497 e. The van der Waals surface area contributed by atoms with Gasteiger partial charge < -0.3 is 9.64 Å². The predicted molar refractivity (Wildman–Crippen MR) is 87.8 cm³/mol. The van der Waals surface area contributed by atoms with Gasteiger partial charge in [-0.3, -0.25) is 4.79 Å². The molecule has 1 aliphatic heterocycles. The number of hydrogen-bond acceptors (Lipinski definition) is 2. The summed E-state index contributed by atoms with van der Waals surface area (Å²) in [5.74, 6) is -1.02. The second kappa shape index (κ2) is 6.83. The topological polar surface area (TPSA) is 29.5 Å². The Labute approximate surface area is 139 Å². The van der Waals surface area contributed by atoms with Gasteiger partial charge in [-0.05, 0) is 47.9 Å². The number of amides is 1. The van der Waals surface area contributed by atoms with Crippen LogP contribution in [-0.4, -0.2) is 31.0 Å². The molecule has 0 unspecified atom stereocenters. The first kappa shape index (κ1) is 16.2. The Kier molecular flexibility index (Phi) is 4.60. The van der Waals surface area contributed by atoms with Crippen molar-refractivity contribution < 1.29 is 18.3 Å². The van der Waals surface area contributed by atoms with Crippen molar-refractivity contribution in [2.24, 2.45) is 0 Å². The number of ether oxygens (including phenoxy) is 1. The standard InChI is InChI=1S/C19H17F2NO2/c1-24-16-5-2-13(3-6-16)14-8-10-22(11-9-14)19(23)17-12-15(20)4-7-18(17)21/h2-8,12H,9-11H2,1H3. The number of carbonyl (C=O) groups is 1. The number of carbonyl (C=O) groups excluding carboxylic acids is 1. The second-order valence-corrected chi connectivity index (χ2v) is 5.58. The molecule has 0 atom stereocenters. The first-order valence-electron chi connectivity index (χ1n) is 7.66. The van der Waals surface area contributed by atoms with Crippen molar-refractivity contribution in [3.8, 4) is 5.75 Å². The van der Waals surface area contributed by atoms with E-state index in [0.29, 0.717) is 19.5 Å². The quantitative estimate of drug-likeness (QED) is 0.855. The number of methoxy groups -OCH3 is 1. The SMILES string of the molecule is COc1ccc(C2=CCN(C(=O)c3cc(F)ccc3F)CC2)cc1. The van der Waals surface area contributed by atoms with Crippen LogP contribution in [0.4, 0.5) is 8.78 Å². The van der Waals surface area contributed by atoms with Crippen molar-refractivity contribution in [2.75, 3.05) is 20.2 Å². The van der Waals surface area contributed by atoms with Crippen molar-refractivity contribution in [1.29, 1.82) is 0 Å². The maximum atomic E-state index is 13.7. The normalized spacial score (nSPS) is 14.3. The highest BCUT2D eigenvalue weighted by molar-refractivity contribution is 5.95. The van der Waals surface area contributed by atoms with Crippen LogP contribution in [0.15, 0.2) is 48.5 Å². The summed E-state index contributed by atoms with van der Waals surface area (Å²) < 4.78 is 32.1. The summed E-state index contributed by atoms with van der Waals surface area (Å²) in [6.45, 7) is 0.836. The van der Waals surface area contributed by atoms with Crippen LogP contribution in [0.1, 0.15) is 22.3 Å². The fraction of sp³-hybridized carbons (Fsp3) is 0.211. The Morgan fingerprint density at radius 1 is 1.12 bits per heavy atom. The summed E-state index contributed by atoms with van der Waals surface area (Å²) in [6, 6.07) is 10.6. The Hall–Kier alpha value is -2.69. The summed E-state index contributed by atoms with van der Waals surface area (Å²) in [4.78, 5) is 13.9. The zero-order valence-corrected chi connectivity index (χ0v) is 13.3. The van der Waals surface area contributed by atoms with Gasteiger partial charge in [0.1, 0.15) is 17.4 Å². The van der Waals surface area contributed by atoms with Gasteiger partial charge in [0.2, 0.25) is 0 Å². The van der Waals surface area contributed by atoms with E-state index in [1.165, 1.54) is 4.90 Å². The third-order valence-electron chi connectivity index (χ3n) is 4.12. The Balaban J connectivity index is 1.74. The molecular formula is C19H17F2NO2. The second-order valence-electron chi connectivity index (χ2n) is 5.58. The highest BCUT2D eigenvalue weighted by Crippen LogP contribution is 2.25. The average molecular weight is 329 g/mol. The lowest BCUT2D eigenvalue weighted by atomic mass is 9.99. The highest BCUT2D eigenvalue weighted by Gasteiger charge is 2.22. The number of halogens is 2. The lowest BCUT2D eigenvalue weighted by molar-refractivity contribution is 0.0767. The summed E-state index contributed by atoms with van der Waals surface area (Å²) in [5.41, 5.74) is 1.97. The van der Waals surface area contributed by atoms with Crippen LogP contribution >= 0.6 is 0 Å². The van der Waals surface area contributed by atoms with E-state index in [-0.39, 0.29) is 5.56 Å². The molecule has 0 aromatic heterocycles. The lowest BCUT2D eigenvalue weighted by Crippen LogP contribution is -2.35. The Morgan fingerprint density at radius 2 is 1.88 bits per heavy atom. The third-order valence-corrected chi connectivity index (χ3v) is 4.12. The summed E-state index contributed by atoms with van der Waals surface area (Å²) in [6.07, 6.45) is 2.61. The van der Waals surface area contributed by atoms with E-state index in [1.807, 2.05) is 30.3 Å². The molecule has 3 nitrogen and oxygen atoms in total. The molecule has 124 valence electrons. The molecule has 0 radical (unpaired) electrons. The highest BCUT2D eigenvalue weighted by atomic mass is 19.1. The van der Waals surface area contributed by atoms with Gasteiger partial charge in [0.05, 0.1) is 12.7 Å². The summed E-state index contributed by atoms with van der Waals surface area (Å²) >= 11 is 0. The first-order chi connectivity index (χ1) is 11.6. The van der Waals surface area contributed by atoms with Crippen molar-refractivity contribution in [3.05, 3.63) is 71.3 Å². The molecule has 2 aromatic rings. The van der Waals surface area contributed by atoms with Crippen molar-refractivity contribution >= 4 is 11.5 Å². The minimum atomic E-state index is -0.702. The Bertz CT molecular complexity index is 784. The maximum Gasteiger partial charge on any atom is 0.257 e. The van der Waals surface area contributed by atoms with E-state index in [4.69, 9.17) is 4.74 Å². The number of nitrogens with zero attached hydrogens (tertiary/aromatic N) is 1. The van der Waals surface area contributed by atoms with Gasteiger partial charge in [-0.1, -0.05) is 18.2 Å². The first-order valence-corrected chi connectivity index (χ1v) is 7.66. The van der Waals surface area contributed by atoms with Crippen LogP contribution in [0.3, 0.4) is 0 Å². The van der Waals surface area contributed by atoms with Crippen molar-refractivity contribution in [2.45, 2.75) is 6.42 Å². The summed E-state index contributed by atoms with van der Waals surface area (Å²) in [5, 5.41) is 0. The average Bonchev–Trinajstić information content (AvgIpc) is 2.63. The van der Waals surface area contributed by atoms with Gasteiger partial charge in [-0.15, -0.1) is 0 Å². The van der Waals surface area contributed by atoms with Gasteiger partial charge in [-0.25, -0.2) is 8.78 Å². The molecule has 0 fully saturated rings. The molecule has 0 bridgehead atoms. The molecule has 0 N–H and O–H groups in total. The lowest BCUT2D eigenvalue weighted by Gasteiger charge is -2.27. The maximum absolute atomic E-state index is 13.7. The van der Waals surface area contributed by atoms with E-state index < -0.39 is 17.5 Å². The van der Waals surface area contributed by atoms with Gasteiger partial charge >= 0.3 is 0 Å². The van der Waals surface area contributed by atoms with Gasteiger partial charge in [0.25, 0.3) is 5.91 Å². The fourth-order valence-electron chi connectivity index (χ4n) is 2.75. The molecule has 0 spiro atoms. The molecule has 0 aliphatic carbocycles. The molecule has 0 saturated carbocycles. The molecule has 2 aromatic carbocycles. The molecule has 1 amide bonds. The predicted octanol–water partition coefficient (Wildman–Crippen LogP) is 3.90. The molecule has 5 heteroatoms. The minimum absolute atomic E-state index is 0.226. The molecular weight excluding hydrogens is 312 g/mol. The Morgan fingerprint density at radius 3 is 2.50 bits per heavy atom. The fourth-order valence-corrected chi connectivity index (χ4v) is 2.75. The van der Waals surface area contributed by atoms with E-state index >= 15 is 0 Å². The monoisotopic (exact) mass is 329 g/mol. The van der Waals surface area contributed by atoms with Gasteiger partial charge in [0, 0.05) is 13.1 Å². The number of hydrogen-bond donors (Lipinski definition) is 0. The number of rotatable bonds is 3. The number of benzene rings is 2. The molecule has 1 heterocycles. The van der Waals surface area contributed by atoms with E-state index in [9.17, 15) is 13.6 Å². The molecule has 3 rings (SSSR count). The van der Waals surface area contributed by atoms with Crippen molar-refractivity contribution in [3.63, 3.8) is 0 Å². The zero-order chi connectivity index (χ0) is 17.1. The van der Waals surface area contributed by atoms with Crippen LogP contribution in [0, 0.1) is 11.6 Å². The van der Waals surface area contributed by atoms with Gasteiger partial charge in [-0.2, -0.15) is 0 Å². The minimum Gasteiger partial charge on any atom is -0.497 e. The van der Waals surface area contributed by atoms with E-state index in [0.717, 1.165) is 35.1 Å².